The van der Waals surface area contributed by atoms with E-state index in [9.17, 15) is 9.90 Å². The van der Waals surface area contributed by atoms with Gasteiger partial charge in [-0.25, -0.2) is 4.79 Å². The first kappa shape index (κ1) is 16.5. The quantitative estimate of drug-likeness (QED) is 0.736. The molecule has 0 aliphatic carbocycles. The number of aromatic nitrogens is 1. The maximum atomic E-state index is 11.6. The van der Waals surface area contributed by atoms with Crippen molar-refractivity contribution in [3.63, 3.8) is 0 Å². The highest BCUT2D eigenvalue weighted by Gasteiger charge is 2.15. The summed E-state index contributed by atoms with van der Waals surface area (Å²) in [7, 11) is 1.56. The van der Waals surface area contributed by atoms with Crippen molar-refractivity contribution in [2.75, 3.05) is 7.11 Å². The van der Waals surface area contributed by atoms with Crippen molar-refractivity contribution < 1.29 is 19.4 Å². The summed E-state index contributed by atoms with van der Waals surface area (Å²) in [6.45, 7) is 0.302. The SMILES string of the molecule is COc1ccncc1-c1ccc(OCc2ccccc2)c(C(=O)O)c1. The third kappa shape index (κ3) is 3.77. The smallest absolute Gasteiger partial charge is 0.339 e. The van der Waals surface area contributed by atoms with Crippen LogP contribution in [0.5, 0.6) is 11.5 Å². The number of benzene rings is 2. The molecular formula is C20H17NO4. The molecule has 0 saturated carbocycles. The normalized spacial score (nSPS) is 10.3. The van der Waals surface area contributed by atoms with Gasteiger partial charge in [0, 0.05) is 18.0 Å². The largest absolute Gasteiger partial charge is 0.496 e. The van der Waals surface area contributed by atoms with Gasteiger partial charge in [-0.3, -0.25) is 4.98 Å². The average Bonchev–Trinajstić information content (AvgIpc) is 2.67. The number of carbonyl (C=O) groups is 1. The molecule has 0 aliphatic heterocycles. The Morgan fingerprint density at radius 1 is 1.08 bits per heavy atom. The molecule has 0 radical (unpaired) electrons. The Labute approximate surface area is 145 Å². The molecule has 1 N–H and O–H groups in total. The molecule has 3 rings (SSSR count). The molecule has 0 aliphatic rings. The molecule has 0 amide bonds. The second-order valence-corrected chi connectivity index (χ2v) is 5.37. The fraction of sp³-hybridized carbons (Fsp3) is 0.100. The molecule has 126 valence electrons. The molecule has 0 bridgehead atoms. The van der Waals surface area contributed by atoms with Crippen molar-refractivity contribution in [1.82, 2.24) is 4.98 Å². The van der Waals surface area contributed by atoms with Crippen molar-refractivity contribution in [2.45, 2.75) is 6.61 Å². The Bertz CT molecular complexity index is 878. The first-order valence-electron chi connectivity index (χ1n) is 7.71. The molecule has 5 heteroatoms. The minimum Gasteiger partial charge on any atom is -0.496 e. The van der Waals surface area contributed by atoms with Crippen LogP contribution in [0.2, 0.25) is 0 Å². The van der Waals surface area contributed by atoms with Crippen LogP contribution in [0.25, 0.3) is 11.1 Å². The number of hydrogen-bond acceptors (Lipinski definition) is 4. The molecule has 2 aromatic carbocycles. The zero-order valence-corrected chi connectivity index (χ0v) is 13.7. The van der Waals surface area contributed by atoms with E-state index in [0.717, 1.165) is 11.1 Å². The number of carboxylic acids is 1. The van der Waals surface area contributed by atoms with Crippen LogP contribution in [0.4, 0.5) is 0 Å². The van der Waals surface area contributed by atoms with Crippen molar-refractivity contribution in [1.29, 1.82) is 0 Å². The predicted molar refractivity (Wildman–Crippen MR) is 94.0 cm³/mol. The molecular weight excluding hydrogens is 318 g/mol. The Morgan fingerprint density at radius 2 is 1.88 bits per heavy atom. The number of ether oxygens (including phenoxy) is 2. The number of aromatic carboxylic acids is 1. The first-order valence-corrected chi connectivity index (χ1v) is 7.71. The van der Waals surface area contributed by atoms with Gasteiger partial charge in [0.25, 0.3) is 0 Å². The third-order valence-corrected chi connectivity index (χ3v) is 3.76. The van der Waals surface area contributed by atoms with Gasteiger partial charge >= 0.3 is 5.97 Å². The van der Waals surface area contributed by atoms with Crippen LogP contribution < -0.4 is 9.47 Å². The van der Waals surface area contributed by atoms with Crippen molar-refractivity contribution in [3.05, 3.63) is 78.1 Å². The molecule has 0 unspecified atom stereocenters. The standard InChI is InChI=1S/C20H17NO4/c1-24-18-9-10-21-12-17(18)15-7-8-19(16(11-15)20(22)23)25-13-14-5-3-2-4-6-14/h2-12H,13H2,1H3,(H,22,23). The van der Waals surface area contributed by atoms with E-state index in [1.54, 1.807) is 43.8 Å². The summed E-state index contributed by atoms with van der Waals surface area (Å²) in [6.07, 6.45) is 3.27. The zero-order valence-electron chi connectivity index (χ0n) is 13.7. The average molecular weight is 335 g/mol. The molecule has 25 heavy (non-hydrogen) atoms. The number of nitrogens with zero attached hydrogens (tertiary/aromatic N) is 1. The number of pyridine rings is 1. The maximum Gasteiger partial charge on any atom is 0.339 e. The van der Waals surface area contributed by atoms with Crippen LogP contribution in [0.15, 0.2) is 67.0 Å². The summed E-state index contributed by atoms with van der Waals surface area (Å²) < 4.78 is 11.0. The van der Waals surface area contributed by atoms with E-state index in [2.05, 4.69) is 4.98 Å². The van der Waals surface area contributed by atoms with E-state index in [1.165, 1.54) is 0 Å². The molecule has 0 atom stereocenters. The Hall–Kier alpha value is -3.34. The predicted octanol–water partition coefficient (Wildman–Crippen LogP) is 4.03. The van der Waals surface area contributed by atoms with Gasteiger partial charge in [0.05, 0.1) is 7.11 Å². The van der Waals surface area contributed by atoms with Gasteiger partial charge in [-0.2, -0.15) is 0 Å². The highest BCUT2D eigenvalue weighted by molar-refractivity contribution is 5.93. The monoisotopic (exact) mass is 335 g/mol. The number of hydrogen-bond donors (Lipinski definition) is 1. The lowest BCUT2D eigenvalue weighted by atomic mass is 10.0. The molecule has 5 nitrogen and oxygen atoms in total. The van der Waals surface area contributed by atoms with Crippen LogP contribution in [0.1, 0.15) is 15.9 Å². The maximum absolute atomic E-state index is 11.6. The van der Waals surface area contributed by atoms with Gasteiger partial charge in [0.2, 0.25) is 0 Å². The lowest BCUT2D eigenvalue weighted by molar-refractivity contribution is 0.0692. The number of carboxylic acid groups (broad SMARTS) is 1. The van der Waals surface area contributed by atoms with Crippen LogP contribution in [0.3, 0.4) is 0 Å². The second kappa shape index (κ2) is 7.49. The molecule has 0 saturated heterocycles. The van der Waals surface area contributed by atoms with Crippen LogP contribution in [0, 0.1) is 0 Å². The fourth-order valence-electron chi connectivity index (χ4n) is 2.50. The number of methoxy groups -OCH3 is 1. The third-order valence-electron chi connectivity index (χ3n) is 3.76. The number of rotatable bonds is 6. The second-order valence-electron chi connectivity index (χ2n) is 5.37. The lowest BCUT2D eigenvalue weighted by Crippen LogP contribution is -2.04. The minimum atomic E-state index is -1.05. The van der Waals surface area contributed by atoms with Gasteiger partial charge in [-0.15, -0.1) is 0 Å². The van der Waals surface area contributed by atoms with E-state index in [-0.39, 0.29) is 5.56 Å². The molecule has 1 aromatic heterocycles. The van der Waals surface area contributed by atoms with E-state index in [0.29, 0.717) is 23.7 Å². The molecule has 0 spiro atoms. The molecule has 1 heterocycles. The van der Waals surface area contributed by atoms with E-state index in [4.69, 9.17) is 9.47 Å². The lowest BCUT2D eigenvalue weighted by Gasteiger charge is -2.12. The fourth-order valence-corrected chi connectivity index (χ4v) is 2.50. The highest BCUT2D eigenvalue weighted by Crippen LogP contribution is 2.32. The summed E-state index contributed by atoms with van der Waals surface area (Å²) in [4.78, 5) is 15.7. The van der Waals surface area contributed by atoms with Crippen LogP contribution >= 0.6 is 0 Å². The van der Waals surface area contributed by atoms with E-state index < -0.39 is 5.97 Å². The Morgan fingerprint density at radius 3 is 2.60 bits per heavy atom. The summed E-state index contributed by atoms with van der Waals surface area (Å²) in [5, 5.41) is 9.53. The van der Waals surface area contributed by atoms with E-state index >= 15 is 0 Å². The van der Waals surface area contributed by atoms with Gasteiger partial charge in [0.15, 0.2) is 0 Å². The van der Waals surface area contributed by atoms with Gasteiger partial charge in [0.1, 0.15) is 23.7 Å². The molecule has 0 fully saturated rings. The minimum absolute atomic E-state index is 0.0966. The summed E-state index contributed by atoms with van der Waals surface area (Å²) in [5.41, 5.74) is 2.49. The summed E-state index contributed by atoms with van der Waals surface area (Å²) in [5.74, 6) is -0.0972. The Balaban J connectivity index is 1.92. The summed E-state index contributed by atoms with van der Waals surface area (Å²) >= 11 is 0. The topological polar surface area (TPSA) is 68.7 Å². The van der Waals surface area contributed by atoms with Crippen LogP contribution in [-0.4, -0.2) is 23.2 Å². The highest BCUT2D eigenvalue weighted by atomic mass is 16.5. The van der Waals surface area contributed by atoms with E-state index in [1.807, 2.05) is 30.3 Å². The van der Waals surface area contributed by atoms with Crippen LogP contribution in [-0.2, 0) is 6.61 Å². The van der Waals surface area contributed by atoms with Gasteiger partial charge in [-0.1, -0.05) is 36.4 Å². The van der Waals surface area contributed by atoms with Crippen molar-refractivity contribution in [3.8, 4) is 22.6 Å². The van der Waals surface area contributed by atoms with Crippen molar-refractivity contribution >= 4 is 5.97 Å². The van der Waals surface area contributed by atoms with Gasteiger partial charge < -0.3 is 14.6 Å². The first-order chi connectivity index (χ1) is 12.2. The van der Waals surface area contributed by atoms with Crippen molar-refractivity contribution in [2.24, 2.45) is 0 Å². The molecule has 3 aromatic rings. The van der Waals surface area contributed by atoms with Gasteiger partial charge in [-0.05, 0) is 29.3 Å². The zero-order chi connectivity index (χ0) is 17.6. The Kier molecular flexibility index (Phi) is 4.95. The summed E-state index contributed by atoms with van der Waals surface area (Å²) in [6, 6.07) is 16.4.